The van der Waals surface area contributed by atoms with Gasteiger partial charge in [-0.25, -0.2) is 4.79 Å². The lowest BCUT2D eigenvalue weighted by atomic mass is 10.0. The van der Waals surface area contributed by atoms with Crippen molar-refractivity contribution in [2.24, 2.45) is 7.05 Å². The van der Waals surface area contributed by atoms with Gasteiger partial charge in [0, 0.05) is 29.1 Å². The standard InChI is InChI=1S/C15H15BrN2O4/c1-7-4-9-13(16)8(5-12(21-3)14(9)22-7)11-6-10(15(19)20)17-18(11)2/h5-7H,4H2,1-3H3,(H,19,20). The van der Waals surface area contributed by atoms with Gasteiger partial charge >= 0.3 is 5.97 Å². The second-order valence-corrected chi connectivity index (χ2v) is 6.02. The molecule has 1 aromatic heterocycles. The maximum absolute atomic E-state index is 11.1. The summed E-state index contributed by atoms with van der Waals surface area (Å²) in [7, 11) is 3.30. The molecular weight excluding hydrogens is 352 g/mol. The Labute approximate surface area is 135 Å². The third-order valence-electron chi connectivity index (χ3n) is 3.68. The van der Waals surface area contributed by atoms with Gasteiger partial charge < -0.3 is 14.6 Å². The zero-order valence-electron chi connectivity index (χ0n) is 12.4. The summed E-state index contributed by atoms with van der Waals surface area (Å²) in [6, 6.07) is 3.39. The van der Waals surface area contributed by atoms with Crippen LogP contribution >= 0.6 is 15.9 Å². The number of benzene rings is 1. The second kappa shape index (κ2) is 5.31. The fourth-order valence-corrected chi connectivity index (χ4v) is 3.33. The quantitative estimate of drug-likeness (QED) is 0.903. The Balaban J connectivity index is 2.20. The third-order valence-corrected chi connectivity index (χ3v) is 4.59. The van der Waals surface area contributed by atoms with Crippen LogP contribution in [0.3, 0.4) is 0 Å². The molecule has 1 N–H and O–H groups in total. The molecule has 116 valence electrons. The molecule has 1 aromatic carbocycles. The summed E-state index contributed by atoms with van der Waals surface area (Å²) in [6.45, 7) is 2.00. The Kier molecular flexibility index (Phi) is 3.60. The molecule has 0 saturated heterocycles. The van der Waals surface area contributed by atoms with Crippen molar-refractivity contribution in [3.63, 3.8) is 0 Å². The Hall–Kier alpha value is -2.02. The van der Waals surface area contributed by atoms with E-state index in [9.17, 15) is 4.79 Å². The van der Waals surface area contributed by atoms with Crippen molar-refractivity contribution in [1.82, 2.24) is 9.78 Å². The largest absolute Gasteiger partial charge is 0.493 e. The molecule has 1 aliphatic rings. The lowest BCUT2D eigenvalue weighted by molar-refractivity contribution is 0.0689. The topological polar surface area (TPSA) is 73.6 Å². The van der Waals surface area contributed by atoms with Crippen LogP contribution in [0.15, 0.2) is 16.6 Å². The molecule has 2 aromatic rings. The van der Waals surface area contributed by atoms with Crippen molar-refractivity contribution in [2.75, 3.05) is 7.11 Å². The van der Waals surface area contributed by atoms with Gasteiger partial charge in [-0.15, -0.1) is 0 Å². The van der Waals surface area contributed by atoms with Gasteiger partial charge in [0.05, 0.1) is 12.8 Å². The molecule has 22 heavy (non-hydrogen) atoms. The molecule has 0 spiro atoms. The molecule has 1 aliphatic heterocycles. The smallest absolute Gasteiger partial charge is 0.356 e. The fraction of sp³-hybridized carbons (Fsp3) is 0.333. The van der Waals surface area contributed by atoms with Crippen molar-refractivity contribution >= 4 is 21.9 Å². The summed E-state index contributed by atoms with van der Waals surface area (Å²) >= 11 is 3.62. The molecule has 0 aliphatic carbocycles. The first-order valence-corrected chi connectivity index (χ1v) is 7.55. The summed E-state index contributed by atoms with van der Waals surface area (Å²) in [5, 5.41) is 13.1. The molecule has 0 saturated carbocycles. The van der Waals surface area contributed by atoms with Crippen molar-refractivity contribution in [2.45, 2.75) is 19.4 Å². The molecule has 0 bridgehead atoms. The Morgan fingerprint density at radius 2 is 2.27 bits per heavy atom. The lowest BCUT2D eigenvalue weighted by Crippen LogP contribution is -2.05. The van der Waals surface area contributed by atoms with Crippen molar-refractivity contribution < 1.29 is 19.4 Å². The number of fused-ring (bicyclic) bond motifs is 1. The van der Waals surface area contributed by atoms with Crippen molar-refractivity contribution in [3.05, 3.63) is 27.9 Å². The molecule has 3 rings (SSSR count). The van der Waals surface area contributed by atoms with Crippen LogP contribution < -0.4 is 9.47 Å². The molecule has 7 heteroatoms. The highest BCUT2D eigenvalue weighted by Gasteiger charge is 2.29. The van der Waals surface area contributed by atoms with Crippen LogP contribution in [0.2, 0.25) is 0 Å². The highest BCUT2D eigenvalue weighted by molar-refractivity contribution is 9.10. The number of hydrogen-bond acceptors (Lipinski definition) is 4. The second-order valence-electron chi connectivity index (χ2n) is 5.22. The van der Waals surface area contributed by atoms with Gasteiger partial charge in [-0.3, -0.25) is 4.68 Å². The van der Waals surface area contributed by atoms with E-state index in [0.717, 1.165) is 27.8 Å². The van der Waals surface area contributed by atoms with Gasteiger partial charge in [0.1, 0.15) is 6.10 Å². The lowest BCUT2D eigenvalue weighted by Gasteiger charge is -2.13. The van der Waals surface area contributed by atoms with E-state index < -0.39 is 5.97 Å². The maximum atomic E-state index is 11.1. The number of carbonyl (C=O) groups is 1. The van der Waals surface area contributed by atoms with Gasteiger partial charge in [0.15, 0.2) is 17.2 Å². The number of aromatic carboxylic acids is 1. The average molecular weight is 367 g/mol. The number of aryl methyl sites for hydroxylation is 1. The summed E-state index contributed by atoms with van der Waals surface area (Å²) < 4.78 is 13.7. The van der Waals surface area contributed by atoms with Gasteiger partial charge in [-0.2, -0.15) is 5.10 Å². The molecule has 1 atom stereocenters. The number of ether oxygens (including phenoxy) is 2. The average Bonchev–Trinajstić information content (AvgIpc) is 3.03. The SMILES string of the molecule is COc1cc(-c2cc(C(=O)O)nn2C)c(Br)c2c1OC(C)C2. The molecule has 6 nitrogen and oxygen atoms in total. The number of carboxylic acid groups (broad SMARTS) is 1. The number of rotatable bonds is 3. The number of hydrogen-bond donors (Lipinski definition) is 1. The zero-order chi connectivity index (χ0) is 16.0. The van der Waals surface area contributed by atoms with Crippen LogP contribution in [0.25, 0.3) is 11.3 Å². The first-order valence-electron chi connectivity index (χ1n) is 6.76. The Morgan fingerprint density at radius 3 is 2.86 bits per heavy atom. The molecular formula is C15H15BrN2O4. The molecule has 0 amide bonds. The monoisotopic (exact) mass is 366 g/mol. The highest BCUT2D eigenvalue weighted by atomic mass is 79.9. The molecule has 0 fully saturated rings. The first-order chi connectivity index (χ1) is 10.4. The fourth-order valence-electron chi connectivity index (χ4n) is 2.67. The summed E-state index contributed by atoms with van der Waals surface area (Å²) in [6.07, 6.45) is 0.848. The van der Waals surface area contributed by atoms with Crippen molar-refractivity contribution in [3.8, 4) is 22.8 Å². The van der Waals surface area contributed by atoms with E-state index in [4.69, 9.17) is 14.6 Å². The van der Waals surface area contributed by atoms with E-state index in [1.165, 1.54) is 0 Å². The van der Waals surface area contributed by atoms with E-state index in [1.807, 2.05) is 13.0 Å². The van der Waals surface area contributed by atoms with Gasteiger partial charge in [-0.1, -0.05) is 0 Å². The van der Waals surface area contributed by atoms with Crippen LogP contribution in [0.1, 0.15) is 23.0 Å². The van der Waals surface area contributed by atoms with Crippen LogP contribution in [0, 0.1) is 0 Å². The molecule has 0 radical (unpaired) electrons. The Bertz CT molecular complexity index is 769. The normalized spacial score (nSPS) is 16.3. The predicted molar refractivity (Wildman–Crippen MR) is 83.6 cm³/mol. The van der Waals surface area contributed by atoms with Gasteiger partial charge in [0.2, 0.25) is 0 Å². The number of nitrogens with zero attached hydrogens (tertiary/aromatic N) is 2. The van der Waals surface area contributed by atoms with Gasteiger partial charge in [0.25, 0.3) is 0 Å². The first kappa shape index (κ1) is 14.9. The minimum absolute atomic E-state index is 0.00785. The minimum atomic E-state index is -1.05. The summed E-state index contributed by atoms with van der Waals surface area (Å²) in [5.74, 6) is 0.324. The van der Waals surface area contributed by atoms with E-state index >= 15 is 0 Å². The van der Waals surface area contributed by atoms with Crippen LogP contribution in [0.5, 0.6) is 11.5 Å². The number of halogens is 1. The van der Waals surface area contributed by atoms with Crippen LogP contribution in [-0.2, 0) is 13.5 Å². The predicted octanol–water partition coefficient (Wildman–Crippen LogP) is 2.88. The number of aromatic nitrogens is 2. The summed E-state index contributed by atoms with van der Waals surface area (Å²) in [4.78, 5) is 11.1. The van der Waals surface area contributed by atoms with Crippen LogP contribution in [-0.4, -0.2) is 34.1 Å². The zero-order valence-corrected chi connectivity index (χ0v) is 14.0. The maximum Gasteiger partial charge on any atom is 0.356 e. The Morgan fingerprint density at radius 1 is 1.55 bits per heavy atom. The van der Waals surface area contributed by atoms with Gasteiger partial charge in [-0.05, 0) is 35.0 Å². The third kappa shape index (κ3) is 2.25. The number of methoxy groups -OCH3 is 1. The van der Waals surface area contributed by atoms with Crippen molar-refractivity contribution in [1.29, 1.82) is 0 Å². The highest BCUT2D eigenvalue weighted by Crippen LogP contribution is 2.46. The molecule has 1 unspecified atom stereocenters. The summed E-state index contributed by atoms with van der Waals surface area (Å²) in [5.41, 5.74) is 2.56. The van der Waals surface area contributed by atoms with E-state index in [1.54, 1.807) is 24.9 Å². The van der Waals surface area contributed by atoms with E-state index in [2.05, 4.69) is 21.0 Å². The van der Waals surface area contributed by atoms with Crippen LogP contribution in [0.4, 0.5) is 0 Å². The van der Waals surface area contributed by atoms with E-state index in [0.29, 0.717) is 11.4 Å². The molecule has 2 heterocycles. The number of carboxylic acids is 1. The van der Waals surface area contributed by atoms with E-state index in [-0.39, 0.29) is 11.8 Å². The minimum Gasteiger partial charge on any atom is -0.493 e.